The molecule has 0 fully saturated rings. The summed E-state index contributed by atoms with van der Waals surface area (Å²) in [6.07, 6.45) is 0. The van der Waals surface area contributed by atoms with Crippen molar-refractivity contribution in [3.63, 3.8) is 0 Å². The van der Waals surface area contributed by atoms with Crippen molar-refractivity contribution < 1.29 is 24.2 Å². The van der Waals surface area contributed by atoms with Crippen molar-refractivity contribution in [2.75, 3.05) is 19.0 Å². The third-order valence-corrected chi connectivity index (χ3v) is 3.48. The number of hydrogen-bond acceptors (Lipinski definition) is 4. The molecule has 0 radical (unpaired) electrons. The van der Waals surface area contributed by atoms with Gasteiger partial charge in [0.2, 0.25) is 0 Å². The van der Waals surface area contributed by atoms with Crippen molar-refractivity contribution in [2.45, 2.75) is 0 Å². The van der Waals surface area contributed by atoms with Gasteiger partial charge in [0.15, 0.2) is 12.4 Å². The molecule has 2 N–H and O–H groups in total. The van der Waals surface area contributed by atoms with E-state index in [2.05, 4.69) is 5.32 Å². The molecule has 8 heteroatoms. The molecule has 6 nitrogen and oxygen atoms in total. The van der Waals surface area contributed by atoms with Gasteiger partial charge in [-0.05, 0) is 24.3 Å². The van der Waals surface area contributed by atoms with E-state index in [4.69, 9.17) is 37.8 Å². The summed E-state index contributed by atoms with van der Waals surface area (Å²) in [6, 6.07) is 9.23. The minimum atomic E-state index is -1.09. The molecule has 24 heavy (non-hydrogen) atoms. The Morgan fingerprint density at radius 1 is 1.17 bits per heavy atom. The van der Waals surface area contributed by atoms with Gasteiger partial charge in [-0.25, -0.2) is 4.79 Å². The highest BCUT2D eigenvalue weighted by molar-refractivity contribution is 6.37. The first-order valence-electron chi connectivity index (χ1n) is 6.69. The Bertz CT molecular complexity index is 756. The highest BCUT2D eigenvalue weighted by Crippen LogP contribution is 2.34. The maximum absolute atomic E-state index is 12.3. The first kappa shape index (κ1) is 17.9. The number of anilines is 1. The summed E-state index contributed by atoms with van der Waals surface area (Å²) in [7, 11) is 1.43. The van der Waals surface area contributed by atoms with Gasteiger partial charge >= 0.3 is 5.97 Å². The molecule has 126 valence electrons. The van der Waals surface area contributed by atoms with E-state index in [-0.39, 0.29) is 15.6 Å². The van der Waals surface area contributed by atoms with Crippen LogP contribution < -0.4 is 14.8 Å². The zero-order chi connectivity index (χ0) is 17.7. The summed E-state index contributed by atoms with van der Waals surface area (Å²) >= 11 is 12.0. The van der Waals surface area contributed by atoms with Crippen molar-refractivity contribution in [3.8, 4) is 11.5 Å². The molecule has 0 aliphatic rings. The number of methoxy groups -OCH3 is 1. The molecule has 0 atom stereocenters. The fourth-order valence-electron chi connectivity index (χ4n) is 1.90. The lowest BCUT2D eigenvalue weighted by Gasteiger charge is -2.10. The van der Waals surface area contributed by atoms with Gasteiger partial charge in [-0.1, -0.05) is 29.3 Å². The summed E-state index contributed by atoms with van der Waals surface area (Å²) < 4.78 is 10.1. The lowest BCUT2D eigenvalue weighted by Crippen LogP contribution is -2.13. The SMILES string of the molecule is COc1c(Cl)cc(C(=O)Nc2cccc(OCC(=O)O)c2)cc1Cl. The molecule has 2 aromatic carbocycles. The number of amides is 1. The molecule has 0 aromatic heterocycles. The van der Waals surface area contributed by atoms with E-state index in [0.717, 1.165) is 0 Å². The Morgan fingerprint density at radius 2 is 1.83 bits per heavy atom. The molecule has 0 saturated carbocycles. The van der Waals surface area contributed by atoms with Crippen molar-refractivity contribution in [1.29, 1.82) is 0 Å². The Hall–Kier alpha value is -2.44. The first-order chi connectivity index (χ1) is 11.4. The second kappa shape index (κ2) is 7.90. The van der Waals surface area contributed by atoms with Crippen molar-refractivity contribution >= 4 is 40.8 Å². The number of carbonyl (C=O) groups excluding carboxylic acids is 1. The van der Waals surface area contributed by atoms with Gasteiger partial charge in [-0.15, -0.1) is 0 Å². The number of hydrogen-bond donors (Lipinski definition) is 2. The van der Waals surface area contributed by atoms with Crippen LogP contribution in [0.5, 0.6) is 11.5 Å². The standard InChI is InChI=1S/C16H13Cl2NO5/c1-23-15-12(17)5-9(6-13(15)18)16(22)19-10-3-2-4-11(7-10)24-8-14(20)21/h2-7H,8H2,1H3,(H,19,22)(H,20,21). The number of carboxylic acid groups (broad SMARTS) is 1. The Balaban J connectivity index is 2.15. The van der Waals surface area contributed by atoms with Crippen LogP contribution in [0.2, 0.25) is 10.0 Å². The summed E-state index contributed by atoms with van der Waals surface area (Å²) in [6.45, 7) is -0.471. The molecule has 0 unspecified atom stereocenters. The van der Waals surface area contributed by atoms with Gasteiger partial charge in [0.25, 0.3) is 5.91 Å². The second-order valence-corrected chi connectivity index (χ2v) is 5.45. The molecule has 1 amide bonds. The third-order valence-electron chi connectivity index (χ3n) is 2.92. The van der Waals surface area contributed by atoms with Gasteiger partial charge in [-0.2, -0.15) is 0 Å². The van der Waals surface area contributed by atoms with Gasteiger partial charge in [0.05, 0.1) is 17.2 Å². The Morgan fingerprint density at radius 3 is 2.42 bits per heavy atom. The number of aliphatic carboxylic acids is 1. The number of nitrogens with one attached hydrogen (secondary N) is 1. The van der Waals surface area contributed by atoms with E-state index >= 15 is 0 Å². The van der Waals surface area contributed by atoms with Gasteiger partial charge in [0.1, 0.15) is 5.75 Å². The Labute approximate surface area is 147 Å². The van der Waals surface area contributed by atoms with E-state index in [1.165, 1.54) is 25.3 Å². The van der Waals surface area contributed by atoms with E-state index in [1.54, 1.807) is 18.2 Å². The fourth-order valence-corrected chi connectivity index (χ4v) is 2.54. The minimum Gasteiger partial charge on any atom is -0.494 e. The molecule has 0 spiro atoms. The number of carbonyl (C=O) groups is 2. The van der Waals surface area contributed by atoms with E-state index in [1.807, 2.05) is 0 Å². The largest absolute Gasteiger partial charge is 0.494 e. The smallest absolute Gasteiger partial charge is 0.341 e. The van der Waals surface area contributed by atoms with Crippen LogP contribution in [-0.2, 0) is 4.79 Å². The topological polar surface area (TPSA) is 84.9 Å². The van der Waals surface area contributed by atoms with E-state index < -0.39 is 18.5 Å². The van der Waals surface area contributed by atoms with Crippen LogP contribution in [0.25, 0.3) is 0 Å². The minimum absolute atomic E-state index is 0.216. The molecule has 2 aromatic rings. The fraction of sp³-hybridized carbons (Fsp3) is 0.125. The number of rotatable bonds is 6. The highest BCUT2D eigenvalue weighted by Gasteiger charge is 2.14. The average Bonchev–Trinajstić information content (AvgIpc) is 2.53. The lowest BCUT2D eigenvalue weighted by molar-refractivity contribution is -0.139. The van der Waals surface area contributed by atoms with Gasteiger partial charge < -0.3 is 19.9 Å². The van der Waals surface area contributed by atoms with Crippen LogP contribution in [0.1, 0.15) is 10.4 Å². The third kappa shape index (κ3) is 4.53. The van der Waals surface area contributed by atoms with Crippen LogP contribution in [-0.4, -0.2) is 30.7 Å². The van der Waals surface area contributed by atoms with Crippen molar-refractivity contribution in [2.24, 2.45) is 0 Å². The summed E-state index contributed by atoms with van der Waals surface area (Å²) in [4.78, 5) is 22.8. The predicted octanol–water partition coefficient (Wildman–Crippen LogP) is 3.72. The van der Waals surface area contributed by atoms with Crippen LogP contribution in [0, 0.1) is 0 Å². The lowest BCUT2D eigenvalue weighted by atomic mass is 10.2. The van der Waals surface area contributed by atoms with Gasteiger partial charge in [-0.3, -0.25) is 4.79 Å². The van der Waals surface area contributed by atoms with Crippen LogP contribution in [0.3, 0.4) is 0 Å². The number of ether oxygens (including phenoxy) is 2. The second-order valence-electron chi connectivity index (χ2n) is 4.64. The van der Waals surface area contributed by atoms with Crippen LogP contribution in [0.4, 0.5) is 5.69 Å². The summed E-state index contributed by atoms with van der Waals surface area (Å²) in [5, 5.41) is 11.7. The first-order valence-corrected chi connectivity index (χ1v) is 7.45. The number of halogens is 2. The molecule has 0 aliphatic heterocycles. The number of carboxylic acids is 1. The zero-order valence-corrected chi connectivity index (χ0v) is 14.0. The highest BCUT2D eigenvalue weighted by atomic mass is 35.5. The molecule has 0 heterocycles. The van der Waals surface area contributed by atoms with Crippen LogP contribution in [0.15, 0.2) is 36.4 Å². The van der Waals surface area contributed by atoms with Crippen molar-refractivity contribution in [1.82, 2.24) is 0 Å². The molecule has 0 aliphatic carbocycles. The van der Waals surface area contributed by atoms with E-state index in [9.17, 15) is 9.59 Å². The maximum Gasteiger partial charge on any atom is 0.341 e. The monoisotopic (exact) mass is 369 g/mol. The summed E-state index contributed by atoms with van der Waals surface area (Å²) in [5.74, 6) is -0.913. The molecule has 0 bridgehead atoms. The zero-order valence-electron chi connectivity index (χ0n) is 12.5. The molecular weight excluding hydrogens is 357 g/mol. The molecule has 0 saturated heterocycles. The van der Waals surface area contributed by atoms with Crippen molar-refractivity contribution in [3.05, 3.63) is 52.0 Å². The molecular formula is C16H13Cl2NO5. The van der Waals surface area contributed by atoms with E-state index in [0.29, 0.717) is 17.2 Å². The van der Waals surface area contributed by atoms with Gasteiger partial charge in [0, 0.05) is 17.3 Å². The number of benzene rings is 2. The maximum atomic E-state index is 12.3. The normalized spacial score (nSPS) is 10.1. The van der Waals surface area contributed by atoms with Crippen LogP contribution >= 0.6 is 23.2 Å². The average molecular weight is 370 g/mol. The predicted molar refractivity (Wildman–Crippen MR) is 90.5 cm³/mol. The summed E-state index contributed by atoms with van der Waals surface area (Å²) in [5.41, 5.74) is 0.689. The Kier molecular flexibility index (Phi) is 5.89. The quantitative estimate of drug-likeness (QED) is 0.810. The molecule has 2 rings (SSSR count).